The number of carbonyl (C=O) groups excluding carboxylic acids is 1. The number of hydrogen-bond acceptors (Lipinski definition) is 3. The molecule has 1 aromatic carbocycles. The predicted octanol–water partition coefficient (Wildman–Crippen LogP) is 4.37. The Balaban J connectivity index is 1.69. The van der Waals surface area contributed by atoms with Crippen molar-refractivity contribution in [1.29, 1.82) is 0 Å². The van der Waals surface area contributed by atoms with Gasteiger partial charge in [-0.1, -0.05) is 28.9 Å². The van der Waals surface area contributed by atoms with Gasteiger partial charge in [-0.2, -0.15) is 0 Å². The molecule has 6 heteroatoms. The van der Waals surface area contributed by atoms with Gasteiger partial charge in [-0.3, -0.25) is 9.36 Å². The zero-order chi connectivity index (χ0) is 18.7. The van der Waals surface area contributed by atoms with E-state index in [9.17, 15) is 4.79 Å². The molecule has 0 radical (unpaired) electrons. The second-order valence-electron chi connectivity index (χ2n) is 6.14. The first-order valence-corrected chi connectivity index (χ1v) is 8.65. The molecule has 0 aliphatic heterocycles. The average molecular weight is 370 g/mol. The number of aromatic nitrogens is 2. The van der Waals surface area contributed by atoms with Crippen LogP contribution < -0.4 is 5.32 Å². The van der Waals surface area contributed by atoms with Crippen LogP contribution in [0.25, 0.3) is 11.9 Å². The largest absolute Gasteiger partial charge is 0.360 e. The highest BCUT2D eigenvalue weighted by Crippen LogP contribution is 2.21. The third-order valence-corrected chi connectivity index (χ3v) is 4.32. The van der Waals surface area contributed by atoms with Crippen molar-refractivity contribution in [2.75, 3.05) is 0 Å². The molecule has 3 rings (SSSR count). The molecule has 1 amide bonds. The van der Waals surface area contributed by atoms with Crippen molar-refractivity contribution < 1.29 is 9.32 Å². The van der Waals surface area contributed by atoms with Crippen LogP contribution in [0.4, 0.5) is 0 Å². The van der Waals surface area contributed by atoms with Gasteiger partial charge in [0.15, 0.2) is 5.82 Å². The molecule has 0 saturated heterocycles. The van der Waals surface area contributed by atoms with Crippen LogP contribution in [0.15, 0.2) is 47.0 Å². The van der Waals surface area contributed by atoms with Crippen molar-refractivity contribution in [1.82, 2.24) is 15.0 Å². The Morgan fingerprint density at radius 2 is 2.08 bits per heavy atom. The highest BCUT2D eigenvalue weighted by atomic mass is 35.5. The van der Waals surface area contributed by atoms with E-state index in [2.05, 4.69) is 10.5 Å². The van der Waals surface area contributed by atoms with Crippen LogP contribution in [0.5, 0.6) is 0 Å². The van der Waals surface area contributed by atoms with Gasteiger partial charge >= 0.3 is 0 Å². The van der Waals surface area contributed by atoms with Gasteiger partial charge in [0.05, 0.1) is 0 Å². The van der Waals surface area contributed by atoms with E-state index < -0.39 is 0 Å². The first-order valence-electron chi connectivity index (χ1n) is 8.27. The Kier molecular flexibility index (Phi) is 5.28. The van der Waals surface area contributed by atoms with Crippen LogP contribution in [0, 0.1) is 20.8 Å². The second kappa shape index (κ2) is 7.62. The van der Waals surface area contributed by atoms with E-state index in [0.29, 0.717) is 11.6 Å². The monoisotopic (exact) mass is 369 g/mol. The van der Waals surface area contributed by atoms with Crippen LogP contribution >= 0.6 is 11.6 Å². The average Bonchev–Trinajstić information content (AvgIpc) is 3.14. The quantitative estimate of drug-likeness (QED) is 0.679. The summed E-state index contributed by atoms with van der Waals surface area (Å²) in [5.74, 6) is 1.33. The van der Waals surface area contributed by atoms with Gasteiger partial charge in [-0.15, -0.1) is 0 Å². The molecule has 0 atom stereocenters. The van der Waals surface area contributed by atoms with Gasteiger partial charge in [0, 0.05) is 35.1 Å². The molecule has 26 heavy (non-hydrogen) atoms. The first kappa shape index (κ1) is 18.0. The van der Waals surface area contributed by atoms with Crippen molar-refractivity contribution >= 4 is 23.6 Å². The van der Waals surface area contributed by atoms with E-state index in [0.717, 1.165) is 34.1 Å². The van der Waals surface area contributed by atoms with Crippen molar-refractivity contribution in [2.24, 2.45) is 0 Å². The molecule has 2 aromatic heterocycles. The molecule has 0 aliphatic carbocycles. The van der Waals surface area contributed by atoms with Gasteiger partial charge < -0.3 is 9.84 Å². The maximum atomic E-state index is 12.1. The van der Waals surface area contributed by atoms with E-state index in [4.69, 9.17) is 16.1 Å². The molecule has 0 aliphatic rings. The summed E-state index contributed by atoms with van der Waals surface area (Å²) in [6, 6.07) is 11.3. The van der Waals surface area contributed by atoms with Gasteiger partial charge in [0.1, 0.15) is 5.76 Å². The van der Waals surface area contributed by atoms with E-state index in [1.54, 1.807) is 12.1 Å². The molecule has 5 nitrogen and oxygen atoms in total. The van der Waals surface area contributed by atoms with Crippen molar-refractivity contribution in [2.45, 2.75) is 27.3 Å². The minimum absolute atomic E-state index is 0.160. The Labute approximate surface area is 157 Å². The van der Waals surface area contributed by atoms with E-state index in [1.807, 2.05) is 55.7 Å². The number of carbonyl (C=O) groups is 1. The molecule has 0 bridgehead atoms. The zero-order valence-corrected chi connectivity index (χ0v) is 15.7. The third-order valence-electron chi connectivity index (χ3n) is 4.08. The summed E-state index contributed by atoms with van der Waals surface area (Å²) >= 11 is 5.95. The third kappa shape index (κ3) is 4.06. The molecule has 0 fully saturated rings. The molecule has 2 heterocycles. The lowest BCUT2D eigenvalue weighted by atomic mass is 10.2. The van der Waals surface area contributed by atoms with Crippen LogP contribution in [-0.4, -0.2) is 15.6 Å². The first-order chi connectivity index (χ1) is 12.4. The van der Waals surface area contributed by atoms with Crippen LogP contribution in [0.3, 0.4) is 0 Å². The maximum Gasteiger partial charge on any atom is 0.244 e. The Hall–Kier alpha value is -2.79. The molecule has 134 valence electrons. The minimum atomic E-state index is -0.160. The van der Waals surface area contributed by atoms with Crippen LogP contribution in [0.2, 0.25) is 5.02 Å². The number of benzene rings is 1. The zero-order valence-electron chi connectivity index (χ0n) is 14.9. The van der Waals surface area contributed by atoms with Crippen LogP contribution in [0.1, 0.15) is 28.3 Å². The van der Waals surface area contributed by atoms with E-state index >= 15 is 0 Å². The van der Waals surface area contributed by atoms with Gasteiger partial charge in [0.25, 0.3) is 0 Å². The minimum Gasteiger partial charge on any atom is -0.360 e. The Bertz CT molecular complexity index is 969. The standard InChI is InChI=1S/C20H20ClN3O2/c1-13-9-17(15(3)24(13)19-10-14(2)26-23-19)7-8-20(25)22-12-16-5-4-6-18(21)11-16/h4-11H,12H2,1-3H3,(H,22,25)/b8-7+. The summed E-state index contributed by atoms with van der Waals surface area (Å²) < 4.78 is 7.16. The second-order valence-corrected chi connectivity index (χ2v) is 6.58. The van der Waals surface area contributed by atoms with E-state index in [-0.39, 0.29) is 5.91 Å². The molecule has 0 spiro atoms. The normalized spacial score (nSPS) is 11.2. The van der Waals surface area contributed by atoms with Gasteiger partial charge in [0.2, 0.25) is 5.91 Å². The molecular weight excluding hydrogens is 350 g/mol. The summed E-state index contributed by atoms with van der Waals surface area (Å²) in [4.78, 5) is 12.1. The lowest BCUT2D eigenvalue weighted by Crippen LogP contribution is -2.20. The molecule has 1 N–H and O–H groups in total. The lowest BCUT2D eigenvalue weighted by Gasteiger charge is -2.04. The fourth-order valence-electron chi connectivity index (χ4n) is 2.83. The molecule has 0 unspecified atom stereocenters. The number of nitrogens with zero attached hydrogens (tertiary/aromatic N) is 2. The summed E-state index contributed by atoms with van der Waals surface area (Å²) in [5, 5.41) is 7.57. The van der Waals surface area contributed by atoms with Gasteiger partial charge in [-0.05, 0) is 56.2 Å². The highest BCUT2D eigenvalue weighted by Gasteiger charge is 2.12. The molecule has 0 saturated carbocycles. The highest BCUT2D eigenvalue weighted by molar-refractivity contribution is 6.30. The number of aryl methyl sites for hydroxylation is 2. The summed E-state index contributed by atoms with van der Waals surface area (Å²) in [7, 11) is 0. The van der Waals surface area contributed by atoms with E-state index in [1.165, 1.54) is 6.08 Å². The number of amides is 1. The Morgan fingerprint density at radius 1 is 1.27 bits per heavy atom. The summed E-state index contributed by atoms with van der Waals surface area (Å²) in [5.41, 5.74) is 3.93. The van der Waals surface area contributed by atoms with Crippen molar-refractivity contribution in [3.63, 3.8) is 0 Å². The Morgan fingerprint density at radius 3 is 2.77 bits per heavy atom. The number of hydrogen-bond donors (Lipinski definition) is 1. The maximum absolute atomic E-state index is 12.1. The predicted molar refractivity (Wildman–Crippen MR) is 102 cm³/mol. The fraction of sp³-hybridized carbons (Fsp3) is 0.200. The number of halogens is 1. The van der Waals surface area contributed by atoms with Crippen molar-refractivity contribution in [3.8, 4) is 5.82 Å². The number of rotatable bonds is 5. The van der Waals surface area contributed by atoms with Crippen LogP contribution in [-0.2, 0) is 11.3 Å². The topological polar surface area (TPSA) is 60.1 Å². The lowest BCUT2D eigenvalue weighted by molar-refractivity contribution is -0.116. The smallest absolute Gasteiger partial charge is 0.244 e. The fourth-order valence-corrected chi connectivity index (χ4v) is 3.04. The SMILES string of the molecule is Cc1cc(-n2c(C)cc(/C=C/C(=O)NCc3cccc(Cl)c3)c2C)no1. The van der Waals surface area contributed by atoms with Crippen molar-refractivity contribution in [3.05, 3.63) is 75.8 Å². The summed E-state index contributed by atoms with van der Waals surface area (Å²) in [6.07, 6.45) is 3.34. The molecule has 3 aromatic rings. The molecular formula is C20H20ClN3O2. The number of nitrogens with one attached hydrogen (secondary N) is 1. The summed E-state index contributed by atoms with van der Waals surface area (Å²) in [6.45, 7) is 6.27. The van der Waals surface area contributed by atoms with Gasteiger partial charge in [-0.25, -0.2) is 0 Å².